The summed E-state index contributed by atoms with van der Waals surface area (Å²) in [4.78, 5) is 14.1. The van der Waals surface area contributed by atoms with Crippen molar-refractivity contribution in [3.8, 4) is 5.69 Å². The smallest absolute Gasteiger partial charge is 0.330 e. The Labute approximate surface area is 100 Å². The third-order valence-electron chi connectivity index (χ3n) is 2.76. The molecule has 3 N–H and O–H groups in total. The minimum absolute atomic E-state index is 0.107. The van der Waals surface area contributed by atoms with Crippen molar-refractivity contribution in [2.24, 2.45) is 5.73 Å². The van der Waals surface area contributed by atoms with Crippen molar-refractivity contribution in [3.63, 3.8) is 0 Å². The molecule has 2 rings (SSSR count). The number of H-pyrrole nitrogens is 1. The second-order valence-electron chi connectivity index (χ2n) is 4.05. The second kappa shape index (κ2) is 5.50. The molecule has 0 aliphatic carbocycles. The third-order valence-corrected chi connectivity index (χ3v) is 2.76. The van der Waals surface area contributed by atoms with Crippen LogP contribution in [0.5, 0.6) is 0 Å². The van der Waals surface area contributed by atoms with Gasteiger partial charge in [-0.15, -0.1) is 0 Å². The maximum Gasteiger partial charge on any atom is 0.330 e. The van der Waals surface area contributed by atoms with Gasteiger partial charge in [-0.05, 0) is 43.5 Å². The molecule has 0 atom stereocenters. The number of aryl methyl sites for hydroxylation is 1. The number of aromatic amines is 1. The zero-order valence-electron chi connectivity index (χ0n) is 9.73. The topological polar surface area (TPSA) is 63.8 Å². The minimum Gasteiger partial charge on any atom is -0.330 e. The molecule has 1 heterocycles. The zero-order chi connectivity index (χ0) is 12.1. The molecule has 4 heteroatoms. The number of hydrogen-bond acceptors (Lipinski definition) is 2. The molecule has 0 fully saturated rings. The minimum atomic E-state index is -0.107. The van der Waals surface area contributed by atoms with Gasteiger partial charge < -0.3 is 10.7 Å². The lowest BCUT2D eigenvalue weighted by Gasteiger charge is -2.05. The van der Waals surface area contributed by atoms with Crippen molar-refractivity contribution < 1.29 is 0 Å². The maximum absolute atomic E-state index is 11.5. The van der Waals surface area contributed by atoms with Crippen LogP contribution in [-0.4, -0.2) is 16.1 Å². The van der Waals surface area contributed by atoms with E-state index in [2.05, 4.69) is 11.1 Å². The fraction of sp³-hybridized carbons (Fsp3) is 0.308. The average Bonchev–Trinajstić information content (AvgIpc) is 2.76. The van der Waals surface area contributed by atoms with Crippen molar-refractivity contribution in [2.45, 2.75) is 19.3 Å². The number of hydrogen-bond donors (Lipinski definition) is 2. The van der Waals surface area contributed by atoms with Crippen molar-refractivity contribution in [3.05, 3.63) is 52.7 Å². The lowest BCUT2D eigenvalue weighted by atomic mass is 10.1. The third kappa shape index (κ3) is 2.85. The van der Waals surface area contributed by atoms with Crippen LogP contribution in [0.25, 0.3) is 5.69 Å². The summed E-state index contributed by atoms with van der Waals surface area (Å²) in [7, 11) is 0. The number of aromatic nitrogens is 2. The molecule has 0 amide bonds. The predicted octanol–water partition coefficient (Wildman–Crippen LogP) is 1.45. The molecular formula is C13H17N3O. The van der Waals surface area contributed by atoms with Gasteiger partial charge in [0.05, 0.1) is 5.69 Å². The Bertz CT molecular complexity index is 527. The summed E-state index contributed by atoms with van der Waals surface area (Å²) in [5.74, 6) is 0. The van der Waals surface area contributed by atoms with Crippen LogP contribution >= 0.6 is 0 Å². The van der Waals surface area contributed by atoms with Gasteiger partial charge in [-0.25, -0.2) is 4.79 Å². The summed E-state index contributed by atoms with van der Waals surface area (Å²) in [6.07, 6.45) is 6.51. The van der Waals surface area contributed by atoms with Crippen molar-refractivity contribution in [1.29, 1.82) is 0 Å². The number of unbranched alkanes of at least 4 members (excludes halogenated alkanes) is 1. The van der Waals surface area contributed by atoms with Crippen LogP contribution < -0.4 is 11.4 Å². The van der Waals surface area contributed by atoms with Gasteiger partial charge in [0, 0.05) is 12.4 Å². The van der Waals surface area contributed by atoms with Crippen LogP contribution in [0.2, 0.25) is 0 Å². The molecular weight excluding hydrogens is 214 g/mol. The molecule has 1 aromatic carbocycles. The van der Waals surface area contributed by atoms with E-state index in [0.29, 0.717) is 0 Å². The quantitative estimate of drug-likeness (QED) is 0.765. The Kier molecular flexibility index (Phi) is 3.77. The van der Waals surface area contributed by atoms with Gasteiger partial charge in [0.25, 0.3) is 0 Å². The monoisotopic (exact) mass is 231 g/mol. The molecule has 0 saturated heterocycles. The molecule has 0 aliphatic heterocycles. The highest BCUT2D eigenvalue weighted by molar-refractivity contribution is 5.35. The van der Waals surface area contributed by atoms with Crippen LogP contribution in [0.15, 0.2) is 41.5 Å². The molecule has 0 saturated carbocycles. The lowest BCUT2D eigenvalue weighted by molar-refractivity contribution is 0.744. The van der Waals surface area contributed by atoms with Crippen molar-refractivity contribution in [2.75, 3.05) is 6.54 Å². The SMILES string of the molecule is NCCCCc1cccc(-n2cc[nH]c2=O)c1. The number of rotatable bonds is 5. The highest BCUT2D eigenvalue weighted by atomic mass is 16.1. The summed E-state index contributed by atoms with van der Waals surface area (Å²) >= 11 is 0. The Balaban J connectivity index is 2.17. The summed E-state index contributed by atoms with van der Waals surface area (Å²) < 4.78 is 1.60. The number of imidazole rings is 1. The Morgan fingerprint density at radius 2 is 2.18 bits per heavy atom. The first-order valence-electron chi connectivity index (χ1n) is 5.86. The molecule has 0 spiro atoms. The normalized spacial score (nSPS) is 10.6. The zero-order valence-corrected chi connectivity index (χ0v) is 9.73. The van der Waals surface area contributed by atoms with Crippen LogP contribution in [0.4, 0.5) is 0 Å². The highest BCUT2D eigenvalue weighted by Gasteiger charge is 2.01. The Hall–Kier alpha value is -1.81. The fourth-order valence-electron chi connectivity index (χ4n) is 1.86. The van der Waals surface area contributed by atoms with Gasteiger partial charge in [0.15, 0.2) is 0 Å². The Morgan fingerprint density at radius 1 is 1.29 bits per heavy atom. The van der Waals surface area contributed by atoms with Crippen LogP contribution in [0, 0.1) is 0 Å². The van der Waals surface area contributed by atoms with E-state index >= 15 is 0 Å². The van der Waals surface area contributed by atoms with E-state index in [1.807, 2.05) is 18.2 Å². The molecule has 0 unspecified atom stereocenters. The standard InChI is InChI=1S/C13H17N3O/c14-7-2-1-4-11-5-3-6-12(10-11)16-9-8-15-13(16)17/h3,5-6,8-10H,1-2,4,7,14H2,(H,15,17). The number of nitrogens with one attached hydrogen (secondary N) is 1. The summed E-state index contributed by atoms with van der Waals surface area (Å²) in [6, 6.07) is 8.04. The van der Waals surface area contributed by atoms with E-state index in [9.17, 15) is 4.79 Å². The first-order valence-corrected chi connectivity index (χ1v) is 5.86. The first-order chi connectivity index (χ1) is 8.31. The van der Waals surface area contributed by atoms with Gasteiger partial charge in [0.2, 0.25) is 0 Å². The molecule has 1 aromatic heterocycles. The summed E-state index contributed by atoms with van der Waals surface area (Å²) in [6.45, 7) is 0.733. The highest BCUT2D eigenvalue weighted by Crippen LogP contribution is 2.11. The lowest BCUT2D eigenvalue weighted by Crippen LogP contribution is -2.14. The molecule has 90 valence electrons. The molecule has 17 heavy (non-hydrogen) atoms. The van der Waals surface area contributed by atoms with Crippen LogP contribution in [0.1, 0.15) is 18.4 Å². The fourth-order valence-corrected chi connectivity index (χ4v) is 1.86. The van der Waals surface area contributed by atoms with Gasteiger partial charge in [-0.1, -0.05) is 12.1 Å². The predicted molar refractivity (Wildman–Crippen MR) is 68.4 cm³/mol. The molecule has 0 bridgehead atoms. The van der Waals surface area contributed by atoms with E-state index in [1.54, 1.807) is 17.0 Å². The van der Waals surface area contributed by atoms with Crippen LogP contribution in [0.3, 0.4) is 0 Å². The van der Waals surface area contributed by atoms with E-state index in [4.69, 9.17) is 5.73 Å². The van der Waals surface area contributed by atoms with Gasteiger partial charge >= 0.3 is 5.69 Å². The van der Waals surface area contributed by atoms with E-state index in [1.165, 1.54) is 5.56 Å². The Morgan fingerprint density at radius 3 is 2.88 bits per heavy atom. The molecule has 0 aliphatic rings. The molecule has 2 aromatic rings. The summed E-state index contributed by atoms with van der Waals surface area (Å²) in [5, 5.41) is 0. The summed E-state index contributed by atoms with van der Waals surface area (Å²) in [5.41, 5.74) is 7.51. The first kappa shape index (κ1) is 11.7. The maximum atomic E-state index is 11.5. The average molecular weight is 231 g/mol. The van der Waals surface area contributed by atoms with Gasteiger partial charge in [-0.3, -0.25) is 4.57 Å². The number of nitrogens with zero attached hydrogens (tertiary/aromatic N) is 1. The van der Waals surface area contributed by atoms with Crippen molar-refractivity contribution in [1.82, 2.24) is 9.55 Å². The van der Waals surface area contributed by atoms with Gasteiger partial charge in [0.1, 0.15) is 0 Å². The molecule has 4 nitrogen and oxygen atoms in total. The largest absolute Gasteiger partial charge is 0.330 e. The molecule has 0 radical (unpaired) electrons. The van der Waals surface area contributed by atoms with Crippen LogP contribution in [-0.2, 0) is 6.42 Å². The second-order valence-corrected chi connectivity index (χ2v) is 4.05. The van der Waals surface area contributed by atoms with E-state index < -0.39 is 0 Å². The van der Waals surface area contributed by atoms with Crippen molar-refractivity contribution >= 4 is 0 Å². The van der Waals surface area contributed by atoms with E-state index in [0.717, 1.165) is 31.5 Å². The van der Waals surface area contributed by atoms with Gasteiger partial charge in [-0.2, -0.15) is 0 Å². The number of nitrogens with two attached hydrogens (primary N) is 1. The number of benzene rings is 1. The van der Waals surface area contributed by atoms with E-state index in [-0.39, 0.29) is 5.69 Å².